The van der Waals surface area contributed by atoms with Crippen molar-refractivity contribution in [1.29, 1.82) is 0 Å². The summed E-state index contributed by atoms with van der Waals surface area (Å²) in [7, 11) is 0. The number of esters is 1. The second kappa shape index (κ2) is 17.8. The molecule has 0 saturated heterocycles. The predicted molar refractivity (Wildman–Crippen MR) is 217 cm³/mol. The lowest BCUT2D eigenvalue weighted by atomic mass is 9.72. The van der Waals surface area contributed by atoms with E-state index in [1.54, 1.807) is 73.7 Å². The van der Waals surface area contributed by atoms with Crippen LogP contribution < -0.4 is 16.0 Å². The molecule has 278 valence electrons. The Hall–Kier alpha value is -4.09. The third-order valence-electron chi connectivity index (χ3n) is 9.03. The van der Waals surface area contributed by atoms with Gasteiger partial charge in [0.25, 0.3) is 11.8 Å². The summed E-state index contributed by atoms with van der Waals surface area (Å²) >= 11 is 15.3. The van der Waals surface area contributed by atoms with E-state index < -0.39 is 23.0 Å². The van der Waals surface area contributed by atoms with Gasteiger partial charge in [-0.25, -0.2) is 4.79 Å². The third-order valence-corrected chi connectivity index (χ3v) is 12.1. The van der Waals surface area contributed by atoms with Crippen molar-refractivity contribution in [3.05, 3.63) is 116 Å². The van der Waals surface area contributed by atoms with Crippen molar-refractivity contribution in [3.8, 4) is 0 Å². The first-order chi connectivity index (χ1) is 25.3. The number of ether oxygens (including phenoxy) is 1. The lowest BCUT2D eigenvalue weighted by molar-refractivity contribution is -0.116. The van der Waals surface area contributed by atoms with Gasteiger partial charge in [0.1, 0.15) is 10.7 Å². The number of hydrogen-bond donors (Lipinski definition) is 3. The summed E-state index contributed by atoms with van der Waals surface area (Å²) in [5.74, 6) is -1.21. The van der Waals surface area contributed by atoms with Crippen LogP contribution in [0, 0.1) is 11.3 Å². The molecule has 0 radical (unpaired) electrons. The maximum absolute atomic E-state index is 13.8. The summed E-state index contributed by atoms with van der Waals surface area (Å²) in [5.41, 5.74) is 2.88. The number of thioether (sulfide) groups is 1. The van der Waals surface area contributed by atoms with Gasteiger partial charge in [0.05, 0.1) is 17.4 Å². The molecule has 1 aromatic heterocycles. The molecule has 3 aromatic carbocycles. The normalized spacial score (nSPS) is 14.8. The Kier molecular flexibility index (Phi) is 13.5. The van der Waals surface area contributed by atoms with Crippen LogP contribution in [0.5, 0.6) is 0 Å². The highest BCUT2D eigenvalue weighted by Gasteiger charge is 2.35. The summed E-state index contributed by atoms with van der Waals surface area (Å²) < 4.78 is 5.44. The van der Waals surface area contributed by atoms with E-state index in [4.69, 9.17) is 27.9 Å². The number of anilines is 2. The summed E-state index contributed by atoms with van der Waals surface area (Å²) in [5, 5.41) is 9.44. The Bertz CT molecular complexity index is 2020. The van der Waals surface area contributed by atoms with Crippen molar-refractivity contribution in [3.63, 3.8) is 0 Å². The van der Waals surface area contributed by atoms with E-state index in [0.29, 0.717) is 49.8 Å². The third kappa shape index (κ3) is 10.3. The lowest BCUT2D eigenvalue weighted by Crippen LogP contribution is -2.30. The first-order valence-electron chi connectivity index (χ1n) is 17.5. The van der Waals surface area contributed by atoms with Crippen LogP contribution in [-0.2, 0) is 27.2 Å². The molecule has 3 N–H and O–H groups in total. The Balaban J connectivity index is 1.34. The summed E-state index contributed by atoms with van der Waals surface area (Å²) in [4.78, 5) is 55.6. The summed E-state index contributed by atoms with van der Waals surface area (Å²) in [6.07, 6.45) is 4.59. The highest BCUT2D eigenvalue weighted by molar-refractivity contribution is 8.00. The fraction of sp³-hybridized carbons (Fsp3) is 0.317. The van der Waals surface area contributed by atoms with Gasteiger partial charge in [-0.15, -0.1) is 23.1 Å². The maximum Gasteiger partial charge on any atom is 0.341 e. The molecule has 1 aliphatic rings. The Morgan fingerprint density at radius 2 is 1.74 bits per heavy atom. The molecule has 1 heterocycles. The quantitative estimate of drug-likeness (QED) is 0.0748. The molecule has 3 amide bonds. The number of hydrogen-bond acceptors (Lipinski definition) is 7. The maximum atomic E-state index is 13.8. The topological polar surface area (TPSA) is 114 Å². The van der Waals surface area contributed by atoms with E-state index >= 15 is 0 Å². The number of carbonyl (C=O) groups excluding carboxylic acids is 4. The zero-order valence-corrected chi connectivity index (χ0v) is 33.5. The van der Waals surface area contributed by atoms with E-state index in [1.807, 2.05) is 13.0 Å². The molecule has 2 atom stereocenters. The van der Waals surface area contributed by atoms with E-state index in [-0.39, 0.29) is 23.6 Å². The highest BCUT2D eigenvalue weighted by atomic mass is 35.5. The Labute approximate surface area is 329 Å². The molecular formula is C41H43Cl2N3O5S2. The number of thiophene rings is 1. The van der Waals surface area contributed by atoms with Gasteiger partial charge < -0.3 is 20.7 Å². The van der Waals surface area contributed by atoms with Crippen LogP contribution in [0.3, 0.4) is 0 Å². The van der Waals surface area contributed by atoms with Gasteiger partial charge in [0.2, 0.25) is 5.91 Å². The number of fused-ring (bicyclic) bond motifs is 1. The molecule has 4 aromatic rings. The van der Waals surface area contributed by atoms with Crippen LogP contribution in [0.15, 0.2) is 83.4 Å². The van der Waals surface area contributed by atoms with E-state index in [2.05, 4.69) is 36.7 Å². The van der Waals surface area contributed by atoms with E-state index in [1.165, 1.54) is 29.2 Å². The van der Waals surface area contributed by atoms with Crippen LogP contribution in [0.4, 0.5) is 10.7 Å². The summed E-state index contributed by atoms with van der Waals surface area (Å²) in [6, 6.07) is 20.5. The van der Waals surface area contributed by atoms with Crippen molar-refractivity contribution in [2.75, 3.05) is 17.2 Å². The number of amides is 3. The first-order valence-corrected chi connectivity index (χ1v) is 20.0. The van der Waals surface area contributed by atoms with Gasteiger partial charge in [0.15, 0.2) is 0 Å². The van der Waals surface area contributed by atoms with Crippen molar-refractivity contribution in [2.45, 2.75) is 70.4 Å². The minimum Gasteiger partial charge on any atom is -0.462 e. The predicted octanol–water partition coefficient (Wildman–Crippen LogP) is 10.3. The zero-order chi connectivity index (χ0) is 38.3. The minimum absolute atomic E-state index is 0.0307. The van der Waals surface area contributed by atoms with E-state index in [0.717, 1.165) is 34.6 Å². The van der Waals surface area contributed by atoms with Crippen LogP contribution in [-0.4, -0.2) is 35.5 Å². The fourth-order valence-corrected chi connectivity index (χ4v) is 8.87. The van der Waals surface area contributed by atoms with Crippen molar-refractivity contribution >= 4 is 86.8 Å². The smallest absolute Gasteiger partial charge is 0.341 e. The Morgan fingerprint density at radius 1 is 0.981 bits per heavy atom. The zero-order valence-electron chi connectivity index (χ0n) is 30.3. The minimum atomic E-state index is -0.575. The van der Waals surface area contributed by atoms with Gasteiger partial charge in [-0.2, -0.15) is 0 Å². The second-order valence-electron chi connectivity index (χ2n) is 13.8. The molecule has 0 spiro atoms. The molecule has 0 fully saturated rings. The number of rotatable bonds is 12. The summed E-state index contributed by atoms with van der Waals surface area (Å²) in [6.45, 7) is 10.7. The van der Waals surface area contributed by atoms with E-state index in [9.17, 15) is 19.2 Å². The molecular weight excluding hydrogens is 750 g/mol. The number of benzene rings is 3. The molecule has 8 nitrogen and oxygen atoms in total. The second-order valence-corrected chi connectivity index (χ2v) is 17.0. The molecule has 0 saturated carbocycles. The van der Waals surface area contributed by atoms with Gasteiger partial charge in [-0.05, 0) is 104 Å². The monoisotopic (exact) mass is 791 g/mol. The number of carbonyl (C=O) groups is 4. The Morgan fingerprint density at radius 3 is 2.42 bits per heavy atom. The number of halogens is 2. The molecule has 1 aliphatic carbocycles. The first kappa shape index (κ1) is 40.1. The van der Waals surface area contributed by atoms with Crippen molar-refractivity contribution in [2.24, 2.45) is 11.3 Å². The fourth-order valence-electron chi connectivity index (χ4n) is 6.07. The van der Waals surface area contributed by atoms with Crippen molar-refractivity contribution in [1.82, 2.24) is 5.32 Å². The van der Waals surface area contributed by atoms with Crippen LogP contribution in [0.2, 0.25) is 10.0 Å². The molecule has 12 heteroatoms. The molecule has 0 aliphatic heterocycles. The average molecular weight is 793 g/mol. The van der Waals surface area contributed by atoms with Crippen LogP contribution in [0.25, 0.3) is 6.08 Å². The van der Waals surface area contributed by atoms with Crippen molar-refractivity contribution < 1.29 is 23.9 Å². The molecule has 53 heavy (non-hydrogen) atoms. The molecule has 5 rings (SSSR count). The van der Waals surface area contributed by atoms with Gasteiger partial charge >= 0.3 is 5.97 Å². The average Bonchev–Trinajstić information content (AvgIpc) is 3.48. The largest absolute Gasteiger partial charge is 0.462 e. The standard InChI is InChI=1S/C41H43Cl2N3O5S2/c1-6-33(38(49)46-39-35(40(50)51-7-2)30-19-17-26(41(3,4)5)21-34(30)53-39)52-29-15-11-14-28(23-29)44-37(48)32(20-25-16-18-27(42)22-31(25)43)45-36(47)24-12-9-8-10-13-24/h8-16,18,20,22-23,26,33H,6-7,17,19,21H2,1-5H3,(H,44,48)(H,45,47)(H,46,49)/b32-20+. The molecule has 2 unspecified atom stereocenters. The van der Waals surface area contributed by atoms with Gasteiger partial charge in [-0.3, -0.25) is 14.4 Å². The molecule has 0 bridgehead atoms. The number of nitrogens with one attached hydrogen (secondary N) is 3. The lowest BCUT2D eigenvalue weighted by Gasteiger charge is -2.33. The van der Waals surface area contributed by atoms with Gasteiger partial charge in [-0.1, -0.05) is 81.2 Å². The SMILES string of the molecule is CCOC(=O)c1c(NC(=O)C(CC)Sc2cccc(NC(=O)/C(=C\c3ccc(Cl)cc3Cl)NC(=O)c3ccccc3)c2)sc2c1CCC(C(C)(C)C)C2. The van der Waals surface area contributed by atoms with Crippen LogP contribution >= 0.6 is 46.3 Å². The van der Waals surface area contributed by atoms with Crippen LogP contribution in [0.1, 0.15) is 84.2 Å². The van der Waals surface area contributed by atoms with Gasteiger partial charge in [0, 0.05) is 31.1 Å². The highest BCUT2D eigenvalue weighted by Crippen LogP contribution is 2.45.